The van der Waals surface area contributed by atoms with Crippen LogP contribution in [0, 0.1) is 0 Å². The van der Waals surface area contributed by atoms with Gasteiger partial charge in [-0.15, -0.1) is 0 Å². The third-order valence-corrected chi connectivity index (χ3v) is 2.12. The molecule has 72 valence electrons. The number of nitrogens with zero attached hydrogens (tertiary/aromatic N) is 1. The quantitative estimate of drug-likeness (QED) is 0.463. The van der Waals surface area contributed by atoms with Gasteiger partial charge in [-0.3, -0.25) is 19.7 Å². The van der Waals surface area contributed by atoms with Crippen molar-refractivity contribution in [3.63, 3.8) is 0 Å². The van der Waals surface area contributed by atoms with Gasteiger partial charge in [0.1, 0.15) is 6.04 Å². The summed E-state index contributed by atoms with van der Waals surface area (Å²) in [5, 5.41) is 12.7. The summed E-state index contributed by atoms with van der Waals surface area (Å²) >= 11 is 0. The molecular weight excluding hydrogens is 176 g/mol. The zero-order valence-electron chi connectivity index (χ0n) is 6.90. The van der Waals surface area contributed by atoms with E-state index >= 15 is 0 Å². The summed E-state index contributed by atoms with van der Waals surface area (Å²) in [4.78, 5) is 27.0. The van der Waals surface area contributed by atoms with E-state index in [1.54, 1.807) is 0 Å². The lowest BCUT2D eigenvalue weighted by atomic mass is 10.2. The third kappa shape index (κ3) is 1.55. The maximum atomic E-state index is 11.1. The molecule has 2 saturated heterocycles. The maximum Gasteiger partial charge on any atom is 0.246 e. The number of aliphatic hydroxyl groups excluding tert-OH is 1. The molecule has 2 fully saturated rings. The Labute approximate surface area is 74.4 Å². The van der Waals surface area contributed by atoms with Crippen LogP contribution in [-0.4, -0.2) is 47.3 Å². The van der Waals surface area contributed by atoms with Crippen molar-refractivity contribution in [2.45, 2.75) is 18.6 Å². The predicted molar refractivity (Wildman–Crippen MR) is 40.2 cm³/mol. The number of aliphatic hydroxyl groups is 1. The fourth-order valence-corrected chi connectivity index (χ4v) is 1.48. The van der Waals surface area contributed by atoms with Gasteiger partial charge in [0, 0.05) is 0 Å². The highest BCUT2D eigenvalue weighted by molar-refractivity contribution is 6.05. The minimum Gasteiger partial charge on any atom is -0.389 e. The van der Waals surface area contributed by atoms with Crippen molar-refractivity contribution in [1.82, 2.24) is 10.4 Å². The molecule has 0 aliphatic carbocycles. The topological polar surface area (TPSA) is 78.9 Å². The molecule has 6 heteroatoms. The SMILES string of the molecule is O=C1CC(N2C[C@H](O)CO2)C(=O)N1. The molecule has 0 bridgehead atoms. The Morgan fingerprint density at radius 1 is 1.54 bits per heavy atom. The second-order valence-corrected chi connectivity index (χ2v) is 3.18. The molecule has 2 rings (SSSR count). The largest absolute Gasteiger partial charge is 0.389 e. The van der Waals surface area contributed by atoms with Crippen molar-refractivity contribution >= 4 is 11.8 Å². The highest BCUT2D eigenvalue weighted by atomic mass is 16.7. The molecule has 2 heterocycles. The summed E-state index contributed by atoms with van der Waals surface area (Å²) < 4.78 is 0. The van der Waals surface area contributed by atoms with E-state index in [1.165, 1.54) is 5.06 Å². The van der Waals surface area contributed by atoms with Crippen LogP contribution < -0.4 is 5.32 Å². The standard InChI is InChI=1S/C7H10N2O4/c10-4-2-9(13-3-4)5-1-6(11)8-7(5)12/h4-5,10H,1-3H2,(H,8,11,12)/t4-,5?/m0/s1. The summed E-state index contributed by atoms with van der Waals surface area (Å²) in [5.41, 5.74) is 0. The van der Waals surface area contributed by atoms with Crippen LogP contribution in [-0.2, 0) is 14.4 Å². The molecule has 2 aliphatic rings. The minimum atomic E-state index is -0.566. The van der Waals surface area contributed by atoms with Crippen LogP contribution in [0.25, 0.3) is 0 Å². The van der Waals surface area contributed by atoms with Gasteiger partial charge >= 0.3 is 0 Å². The summed E-state index contributed by atoms with van der Waals surface area (Å²) in [6.45, 7) is 0.476. The molecule has 6 nitrogen and oxygen atoms in total. The van der Waals surface area contributed by atoms with Crippen molar-refractivity contribution in [2.75, 3.05) is 13.2 Å². The third-order valence-electron chi connectivity index (χ3n) is 2.12. The maximum absolute atomic E-state index is 11.1. The molecule has 13 heavy (non-hydrogen) atoms. The van der Waals surface area contributed by atoms with Gasteiger partial charge in [0.15, 0.2) is 0 Å². The summed E-state index contributed by atoms with van der Waals surface area (Å²) in [6, 6.07) is -0.565. The number of hydroxylamine groups is 2. The van der Waals surface area contributed by atoms with E-state index in [0.717, 1.165) is 0 Å². The number of hydrogen-bond donors (Lipinski definition) is 2. The molecule has 1 unspecified atom stereocenters. The summed E-state index contributed by atoms with van der Waals surface area (Å²) in [7, 11) is 0. The van der Waals surface area contributed by atoms with Crippen LogP contribution in [0.4, 0.5) is 0 Å². The van der Waals surface area contributed by atoms with Gasteiger partial charge in [0.25, 0.3) is 0 Å². The molecule has 0 spiro atoms. The second kappa shape index (κ2) is 3.06. The first kappa shape index (κ1) is 8.61. The number of hydrogen-bond acceptors (Lipinski definition) is 5. The van der Waals surface area contributed by atoms with Crippen molar-refractivity contribution in [3.05, 3.63) is 0 Å². The molecule has 0 aromatic heterocycles. The van der Waals surface area contributed by atoms with E-state index < -0.39 is 12.1 Å². The van der Waals surface area contributed by atoms with Crippen molar-refractivity contribution < 1.29 is 19.5 Å². The summed E-state index contributed by atoms with van der Waals surface area (Å²) in [5.74, 6) is -0.640. The average Bonchev–Trinajstić information content (AvgIpc) is 2.58. The Hall–Kier alpha value is -0.980. The molecule has 2 atom stereocenters. The van der Waals surface area contributed by atoms with E-state index in [-0.39, 0.29) is 31.4 Å². The van der Waals surface area contributed by atoms with E-state index in [4.69, 9.17) is 9.94 Å². The number of carbonyl (C=O) groups excluding carboxylic acids is 2. The van der Waals surface area contributed by atoms with Gasteiger partial charge in [0.2, 0.25) is 11.8 Å². The zero-order valence-corrected chi connectivity index (χ0v) is 6.90. The average molecular weight is 186 g/mol. The zero-order chi connectivity index (χ0) is 9.42. The lowest BCUT2D eigenvalue weighted by molar-refractivity contribution is -0.156. The first-order valence-electron chi connectivity index (χ1n) is 4.08. The Balaban J connectivity index is 2.01. The number of imide groups is 1. The normalized spacial score (nSPS) is 35.5. The molecule has 0 radical (unpaired) electrons. The van der Waals surface area contributed by atoms with E-state index in [2.05, 4.69) is 5.32 Å². The molecule has 2 amide bonds. The van der Waals surface area contributed by atoms with Crippen LogP contribution in [0.3, 0.4) is 0 Å². The van der Waals surface area contributed by atoms with Gasteiger partial charge < -0.3 is 5.11 Å². The Bertz CT molecular complexity index is 255. The fourth-order valence-electron chi connectivity index (χ4n) is 1.48. The molecular formula is C7H10N2O4. The van der Waals surface area contributed by atoms with Crippen LogP contribution >= 0.6 is 0 Å². The molecule has 0 aromatic carbocycles. The first-order chi connectivity index (χ1) is 6.16. The highest BCUT2D eigenvalue weighted by Gasteiger charge is 2.39. The van der Waals surface area contributed by atoms with Crippen molar-refractivity contribution in [1.29, 1.82) is 0 Å². The number of β-amino-alcohol motifs (C(OH)–C–C–N with tert-alkyl or cyclic N) is 1. The number of rotatable bonds is 1. The molecule has 0 saturated carbocycles. The van der Waals surface area contributed by atoms with Gasteiger partial charge in [0.05, 0.1) is 25.7 Å². The van der Waals surface area contributed by atoms with Gasteiger partial charge in [-0.1, -0.05) is 0 Å². The van der Waals surface area contributed by atoms with Gasteiger partial charge in [-0.25, -0.2) is 0 Å². The Kier molecular flexibility index (Phi) is 2.03. The van der Waals surface area contributed by atoms with Crippen LogP contribution in [0.1, 0.15) is 6.42 Å². The molecule has 2 N–H and O–H groups in total. The summed E-state index contributed by atoms with van der Waals surface area (Å²) in [6.07, 6.45) is -0.450. The van der Waals surface area contributed by atoms with E-state index in [9.17, 15) is 9.59 Å². The smallest absolute Gasteiger partial charge is 0.246 e. The number of amides is 2. The van der Waals surface area contributed by atoms with Gasteiger partial charge in [-0.2, -0.15) is 5.06 Å². The molecule has 0 aromatic rings. The number of nitrogens with one attached hydrogen (secondary N) is 1. The van der Waals surface area contributed by atoms with Crippen LogP contribution in [0.5, 0.6) is 0 Å². The molecule has 2 aliphatic heterocycles. The van der Waals surface area contributed by atoms with Crippen LogP contribution in [0.15, 0.2) is 0 Å². The number of carbonyl (C=O) groups is 2. The van der Waals surface area contributed by atoms with Crippen LogP contribution in [0.2, 0.25) is 0 Å². The minimum absolute atomic E-state index is 0.117. The predicted octanol–water partition coefficient (Wildman–Crippen LogP) is -1.99. The van der Waals surface area contributed by atoms with E-state index in [0.29, 0.717) is 0 Å². The second-order valence-electron chi connectivity index (χ2n) is 3.18. The highest BCUT2D eigenvalue weighted by Crippen LogP contribution is 2.16. The fraction of sp³-hybridized carbons (Fsp3) is 0.714. The lowest BCUT2D eigenvalue weighted by Crippen LogP contribution is -2.38. The van der Waals surface area contributed by atoms with Crippen molar-refractivity contribution in [3.8, 4) is 0 Å². The monoisotopic (exact) mass is 186 g/mol. The van der Waals surface area contributed by atoms with Crippen molar-refractivity contribution in [2.24, 2.45) is 0 Å². The lowest BCUT2D eigenvalue weighted by Gasteiger charge is -2.17. The Morgan fingerprint density at radius 3 is 2.77 bits per heavy atom. The van der Waals surface area contributed by atoms with E-state index in [1.807, 2.05) is 0 Å². The van der Waals surface area contributed by atoms with Gasteiger partial charge in [-0.05, 0) is 0 Å². The Morgan fingerprint density at radius 2 is 2.31 bits per heavy atom. The first-order valence-corrected chi connectivity index (χ1v) is 4.08.